The van der Waals surface area contributed by atoms with Gasteiger partial charge in [0.2, 0.25) is 0 Å². The number of hydrogen-bond donors (Lipinski definition) is 1. The maximum absolute atomic E-state index is 10.4. The number of hydrogen-bond acceptors (Lipinski definition) is 3. The molecule has 2 spiro atoms. The van der Waals surface area contributed by atoms with Gasteiger partial charge < -0.3 is 5.11 Å². The van der Waals surface area contributed by atoms with Crippen molar-refractivity contribution < 1.29 is 14.9 Å². The van der Waals surface area contributed by atoms with E-state index in [1.807, 2.05) is 0 Å². The highest BCUT2D eigenvalue weighted by Crippen LogP contribution is 2.72. The van der Waals surface area contributed by atoms with E-state index in [1.54, 1.807) is 0 Å². The van der Waals surface area contributed by atoms with Gasteiger partial charge in [-0.2, -0.15) is 0 Å². The molecule has 6 unspecified atom stereocenters. The molecule has 0 aromatic rings. The quantitative estimate of drug-likeness (QED) is 0.412. The monoisotopic (exact) mass is 428 g/mol. The SMILES string of the molecule is CC(C)C(C)/C=C/[C@@H](C)C1CCC2C34C=CC5(C[C@@H](O)CC[C@]5(C)C3CC[C@]12C)OO4. The molecule has 2 bridgehead atoms. The summed E-state index contributed by atoms with van der Waals surface area (Å²) in [7, 11) is 0. The Labute approximate surface area is 189 Å². The molecule has 0 radical (unpaired) electrons. The van der Waals surface area contributed by atoms with Gasteiger partial charge in [0.1, 0.15) is 11.2 Å². The Bertz CT molecular complexity index is 772. The number of allylic oxidation sites excluding steroid dienone is 2. The highest BCUT2D eigenvalue weighted by Gasteiger charge is 2.74. The van der Waals surface area contributed by atoms with E-state index >= 15 is 0 Å². The van der Waals surface area contributed by atoms with Crippen molar-refractivity contribution >= 4 is 0 Å². The molecule has 3 heteroatoms. The lowest BCUT2D eigenvalue weighted by Gasteiger charge is -2.69. The van der Waals surface area contributed by atoms with Gasteiger partial charge >= 0.3 is 0 Å². The molecular weight excluding hydrogens is 384 g/mol. The molecule has 4 aliphatic carbocycles. The van der Waals surface area contributed by atoms with Crippen molar-refractivity contribution in [3.63, 3.8) is 0 Å². The minimum atomic E-state index is -0.439. The highest BCUT2D eigenvalue weighted by atomic mass is 17.2. The van der Waals surface area contributed by atoms with Crippen molar-refractivity contribution in [1.29, 1.82) is 0 Å². The van der Waals surface area contributed by atoms with Crippen LogP contribution in [0.1, 0.15) is 86.5 Å². The summed E-state index contributed by atoms with van der Waals surface area (Å²) in [6.45, 7) is 14.4. The molecule has 2 heterocycles. The second-order valence-electron chi connectivity index (χ2n) is 12.7. The van der Waals surface area contributed by atoms with Gasteiger partial charge in [-0.15, -0.1) is 0 Å². The van der Waals surface area contributed by atoms with Crippen LogP contribution in [0.5, 0.6) is 0 Å². The van der Waals surface area contributed by atoms with Crippen LogP contribution < -0.4 is 0 Å². The molecule has 0 aromatic heterocycles. The summed E-state index contributed by atoms with van der Waals surface area (Å²) in [6.07, 6.45) is 17.0. The van der Waals surface area contributed by atoms with Crippen LogP contribution in [0.25, 0.3) is 0 Å². The Balaban J connectivity index is 1.45. The maximum Gasteiger partial charge on any atom is 0.130 e. The van der Waals surface area contributed by atoms with Gasteiger partial charge in [-0.25, -0.2) is 9.78 Å². The lowest BCUT2D eigenvalue weighted by Crippen LogP contribution is -2.73. The van der Waals surface area contributed by atoms with E-state index in [4.69, 9.17) is 9.78 Å². The molecule has 0 aromatic carbocycles. The largest absolute Gasteiger partial charge is 0.393 e. The summed E-state index contributed by atoms with van der Waals surface area (Å²) in [5.41, 5.74) is -0.366. The van der Waals surface area contributed by atoms with Crippen molar-refractivity contribution in [1.82, 2.24) is 0 Å². The Kier molecular flexibility index (Phi) is 5.13. The third-order valence-electron chi connectivity index (χ3n) is 11.1. The van der Waals surface area contributed by atoms with E-state index in [0.29, 0.717) is 41.9 Å². The Morgan fingerprint density at radius 2 is 1.68 bits per heavy atom. The molecule has 1 saturated heterocycles. The summed E-state index contributed by atoms with van der Waals surface area (Å²) >= 11 is 0. The first-order valence-electron chi connectivity index (χ1n) is 13.0. The third-order valence-corrected chi connectivity index (χ3v) is 11.1. The predicted molar refractivity (Wildman–Crippen MR) is 124 cm³/mol. The van der Waals surface area contributed by atoms with E-state index in [-0.39, 0.29) is 22.5 Å². The smallest absolute Gasteiger partial charge is 0.130 e. The zero-order chi connectivity index (χ0) is 22.2. The summed E-state index contributed by atoms with van der Waals surface area (Å²) < 4.78 is 0. The van der Waals surface area contributed by atoms with Crippen LogP contribution in [0.3, 0.4) is 0 Å². The molecule has 3 nitrogen and oxygen atoms in total. The fraction of sp³-hybridized carbons (Fsp3) is 0.857. The molecule has 10 atom stereocenters. The van der Waals surface area contributed by atoms with Crippen molar-refractivity contribution in [3.8, 4) is 0 Å². The van der Waals surface area contributed by atoms with Crippen molar-refractivity contribution in [2.24, 2.45) is 46.3 Å². The predicted octanol–water partition coefficient (Wildman–Crippen LogP) is 6.47. The van der Waals surface area contributed by atoms with Gasteiger partial charge in [0.05, 0.1) is 6.10 Å². The average Bonchev–Trinajstić information content (AvgIpc) is 3.09. The number of rotatable bonds is 4. The van der Waals surface area contributed by atoms with Crippen molar-refractivity contribution in [2.75, 3.05) is 0 Å². The molecule has 31 heavy (non-hydrogen) atoms. The van der Waals surface area contributed by atoms with E-state index in [2.05, 4.69) is 65.8 Å². The first-order chi connectivity index (χ1) is 14.6. The zero-order valence-electron chi connectivity index (χ0n) is 20.6. The third kappa shape index (κ3) is 2.88. The van der Waals surface area contributed by atoms with Crippen LogP contribution >= 0.6 is 0 Å². The fourth-order valence-corrected chi connectivity index (χ4v) is 8.71. The summed E-state index contributed by atoms with van der Waals surface area (Å²) in [5.74, 6) is 3.64. The first-order valence-corrected chi connectivity index (χ1v) is 13.0. The Morgan fingerprint density at radius 3 is 2.35 bits per heavy atom. The molecule has 4 fully saturated rings. The zero-order valence-corrected chi connectivity index (χ0v) is 20.6. The maximum atomic E-state index is 10.4. The minimum absolute atomic E-state index is 0.0663. The lowest BCUT2D eigenvalue weighted by atomic mass is 9.43. The summed E-state index contributed by atoms with van der Waals surface area (Å²) in [4.78, 5) is 12.8. The highest BCUT2D eigenvalue weighted by molar-refractivity contribution is 5.33. The number of fused-ring (bicyclic) bond motifs is 2. The first kappa shape index (κ1) is 22.2. The van der Waals surface area contributed by atoms with Crippen molar-refractivity contribution in [2.45, 2.75) is 104 Å². The van der Waals surface area contributed by atoms with Gasteiger partial charge in [-0.1, -0.05) is 59.8 Å². The van der Waals surface area contributed by atoms with Crippen molar-refractivity contribution in [3.05, 3.63) is 24.3 Å². The van der Waals surface area contributed by atoms with E-state index in [0.717, 1.165) is 12.8 Å². The normalized spacial score (nSPS) is 52.8. The van der Waals surface area contributed by atoms with Crippen LogP contribution in [0.4, 0.5) is 0 Å². The Hall–Kier alpha value is -0.640. The van der Waals surface area contributed by atoms with Crippen LogP contribution in [-0.2, 0) is 9.78 Å². The Morgan fingerprint density at radius 1 is 0.903 bits per heavy atom. The van der Waals surface area contributed by atoms with Gasteiger partial charge in [-0.05, 0) is 73.7 Å². The molecule has 1 N–H and O–H groups in total. The molecule has 3 saturated carbocycles. The van der Waals surface area contributed by atoms with Gasteiger partial charge in [0, 0.05) is 23.7 Å². The van der Waals surface area contributed by atoms with Gasteiger partial charge in [0.25, 0.3) is 0 Å². The number of aliphatic hydroxyl groups excluding tert-OH is 1. The minimum Gasteiger partial charge on any atom is -0.393 e. The van der Waals surface area contributed by atoms with Gasteiger partial charge in [0.15, 0.2) is 0 Å². The molecule has 0 amide bonds. The van der Waals surface area contributed by atoms with E-state index in [9.17, 15) is 5.11 Å². The van der Waals surface area contributed by atoms with E-state index < -0.39 is 5.60 Å². The molecule has 2 aliphatic heterocycles. The van der Waals surface area contributed by atoms with Gasteiger partial charge in [-0.3, -0.25) is 0 Å². The van der Waals surface area contributed by atoms with Crippen LogP contribution in [0, 0.1) is 46.3 Å². The topological polar surface area (TPSA) is 38.7 Å². The number of aliphatic hydroxyl groups is 1. The average molecular weight is 429 g/mol. The standard InChI is InChI=1S/C28H44O3/c1-18(2)19(3)7-8-20(4)22-9-10-23-25(22,5)13-12-24-26(6)14-11-21(29)17-27(26)15-16-28(23,24)31-30-27/h7-8,15-16,18-24,29H,9-14,17H2,1-6H3/b8-7+/t19?,20-,21+,22?,23?,24?,25-,26-,27?,28?/m1/s1. The summed E-state index contributed by atoms with van der Waals surface area (Å²) in [6, 6.07) is 0. The fourth-order valence-electron chi connectivity index (χ4n) is 8.71. The molecule has 6 aliphatic rings. The van der Waals surface area contributed by atoms with Crippen LogP contribution in [0.2, 0.25) is 0 Å². The lowest BCUT2D eigenvalue weighted by molar-refractivity contribution is -0.497. The summed E-state index contributed by atoms with van der Waals surface area (Å²) in [5, 5.41) is 10.4. The van der Waals surface area contributed by atoms with Crippen LogP contribution in [0.15, 0.2) is 24.3 Å². The molecule has 6 rings (SSSR count). The molecular formula is C28H44O3. The second kappa shape index (κ2) is 7.18. The second-order valence-corrected chi connectivity index (χ2v) is 12.7. The molecule has 174 valence electrons. The van der Waals surface area contributed by atoms with Crippen LogP contribution in [-0.4, -0.2) is 22.4 Å². The van der Waals surface area contributed by atoms with E-state index in [1.165, 1.54) is 25.7 Å².